The van der Waals surface area contributed by atoms with E-state index in [1.165, 1.54) is 31.0 Å². The highest BCUT2D eigenvalue weighted by atomic mass is 32.2. The Kier molecular flexibility index (Phi) is 9.60. The summed E-state index contributed by atoms with van der Waals surface area (Å²) in [4.78, 5) is 38.9. The number of hydrogen-bond donors (Lipinski definition) is 2. The van der Waals surface area contributed by atoms with E-state index >= 15 is 0 Å². The van der Waals surface area contributed by atoms with E-state index in [1.807, 2.05) is 37.3 Å². The van der Waals surface area contributed by atoms with Crippen LogP contribution in [0.15, 0.2) is 54.6 Å². The first-order valence-corrected chi connectivity index (χ1v) is 12.7. The number of carboxylic acid groups (broad SMARTS) is 1. The molecular weight excluding hydrogens is 448 g/mol. The number of hydrogen-bond acceptors (Lipinski definition) is 4. The summed E-state index contributed by atoms with van der Waals surface area (Å²) in [5, 5.41) is 12.1. The van der Waals surface area contributed by atoms with Gasteiger partial charge in [-0.1, -0.05) is 49.5 Å². The van der Waals surface area contributed by atoms with E-state index in [0.29, 0.717) is 23.5 Å². The van der Waals surface area contributed by atoms with Crippen molar-refractivity contribution in [3.63, 3.8) is 0 Å². The minimum atomic E-state index is -1.10. The maximum absolute atomic E-state index is 13.2. The highest BCUT2D eigenvalue weighted by Gasteiger charge is 2.28. The molecule has 6 nitrogen and oxygen atoms in total. The molecule has 178 valence electrons. The van der Waals surface area contributed by atoms with Crippen LogP contribution in [-0.2, 0) is 4.79 Å². The van der Waals surface area contributed by atoms with Crippen molar-refractivity contribution < 1.29 is 19.5 Å². The Labute approximate surface area is 205 Å². The first-order valence-electron chi connectivity index (χ1n) is 11.6. The van der Waals surface area contributed by atoms with Crippen molar-refractivity contribution in [2.75, 3.05) is 18.1 Å². The van der Waals surface area contributed by atoms with E-state index < -0.39 is 23.9 Å². The monoisotopic (exact) mass is 478 g/mol. The van der Waals surface area contributed by atoms with Crippen LogP contribution in [0.1, 0.15) is 54.1 Å². The van der Waals surface area contributed by atoms with E-state index in [2.05, 4.69) is 17.2 Å². The molecule has 7 heteroatoms. The summed E-state index contributed by atoms with van der Waals surface area (Å²) < 4.78 is 0. The van der Waals surface area contributed by atoms with E-state index in [-0.39, 0.29) is 12.3 Å². The van der Waals surface area contributed by atoms with Crippen LogP contribution in [0, 0.1) is 17.8 Å². The summed E-state index contributed by atoms with van der Waals surface area (Å²) in [5.74, 6) is 6.34. The average Bonchev–Trinajstić information content (AvgIpc) is 2.82. The first kappa shape index (κ1) is 25.4. The lowest BCUT2D eigenvalue weighted by atomic mass is 9.87. The summed E-state index contributed by atoms with van der Waals surface area (Å²) in [7, 11) is 0. The molecule has 0 bridgehead atoms. The Morgan fingerprint density at radius 1 is 1.09 bits per heavy atom. The Morgan fingerprint density at radius 2 is 1.79 bits per heavy atom. The minimum Gasteiger partial charge on any atom is -0.480 e. The number of nitrogens with zero attached hydrogens (tertiary/aromatic N) is 1. The molecule has 0 saturated heterocycles. The molecule has 1 fully saturated rings. The largest absolute Gasteiger partial charge is 0.480 e. The van der Waals surface area contributed by atoms with Gasteiger partial charge < -0.3 is 10.4 Å². The van der Waals surface area contributed by atoms with Gasteiger partial charge in [-0.25, -0.2) is 9.59 Å². The van der Waals surface area contributed by atoms with Crippen molar-refractivity contribution in [2.24, 2.45) is 5.92 Å². The number of carbonyl (C=O) groups is 3. The number of amides is 3. The van der Waals surface area contributed by atoms with Crippen molar-refractivity contribution in [2.45, 2.75) is 38.6 Å². The predicted molar refractivity (Wildman–Crippen MR) is 135 cm³/mol. The number of thioether (sulfide) groups is 1. The van der Waals surface area contributed by atoms with E-state index in [0.717, 1.165) is 16.2 Å². The van der Waals surface area contributed by atoms with Gasteiger partial charge in [-0.05, 0) is 61.3 Å². The van der Waals surface area contributed by atoms with Gasteiger partial charge in [0, 0.05) is 29.0 Å². The first-order chi connectivity index (χ1) is 16.5. The molecule has 1 unspecified atom stereocenters. The second-order valence-electron chi connectivity index (χ2n) is 8.33. The van der Waals surface area contributed by atoms with Gasteiger partial charge >= 0.3 is 12.0 Å². The number of benzene rings is 2. The molecule has 2 aromatic carbocycles. The molecule has 3 amide bonds. The third-order valence-corrected chi connectivity index (χ3v) is 6.91. The van der Waals surface area contributed by atoms with Crippen LogP contribution in [0.5, 0.6) is 0 Å². The third-order valence-electron chi connectivity index (χ3n) is 5.63. The van der Waals surface area contributed by atoms with Gasteiger partial charge in [0.05, 0.1) is 0 Å². The summed E-state index contributed by atoms with van der Waals surface area (Å²) in [6.07, 6.45) is 4.16. The van der Waals surface area contributed by atoms with Gasteiger partial charge in [0.15, 0.2) is 0 Å². The second-order valence-corrected chi connectivity index (χ2v) is 9.40. The third kappa shape index (κ3) is 7.39. The van der Waals surface area contributed by atoms with Crippen LogP contribution in [0.2, 0.25) is 0 Å². The SMILES string of the molecule is CCCN(C(=O)NC(CSCC1CCC1)C(=O)O)C(=O)c1cccc(C#Cc2ccccc2)c1. The van der Waals surface area contributed by atoms with Gasteiger partial charge in [-0.2, -0.15) is 11.8 Å². The van der Waals surface area contributed by atoms with Gasteiger partial charge in [-0.15, -0.1) is 0 Å². The molecule has 1 aliphatic carbocycles. The Morgan fingerprint density at radius 3 is 2.44 bits per heavy atom. The lowest BCUT2D eigenvalue weighted by Gasteiger charge is -2.26. The molecule has 0 aliphatic heterocycles. The Hall–Kier alpha value is -3.24. The number of aliphatic carboxylic acids is 1. The molecule has 1 saturated carbocycles. The maximum atomic E-state index is 13.2. The molecular formula is C27H30N2O4S. The fourth-order valence-electron chi connectivity index (χ4n) is 3.48. The number of imide groups is 1. The van der Waals surface area contributed by atoms with Crippen LogP contribution in [0.3, 0.4) is 0 Å². The van der Waals surface area contributed by atoms with Gasteiger partial charge in [-0.3, -0.25) is 9.69 Å². The minimum absolute atomic E-state index is 0.187. The molecule has 0 heterocycles. The van der Waals surface area contributed by atoms with Gasteiger partial charge in [0.2, 0.25) is 0 Å². The summed E-state index contributed by atoms with van der Waals surface area (Å²) in [5.41, 5.74) is 1.85. The van der Waals surface area contributed by atoms with Gasteiger partial charge in [0.25, 0.3) is 5.91 Å². The van der Waals surface area contributed by atoms with Crippen molar-refractivity contribution in [3.8, 4) is 11.8 Å². The summed E-state index contributed by atoms with van der Waals surface area (Å²) in [6, 6.07) is 14.6. The standard InChI is InChI=1S/C27H30N2O4S/c1-2-16-29(27(33)28-24(26(31)32)19-34-18-22-11-6-12-22)25(30)23-13-7-10-21(17-23)15-14-20-8-4-3-5-9-20/h3-5,7-10,13,17,22,24H,2,6,11-12,16,18-19H2,1H3,(H,28,33)(H,31,32). The van der Waals surface area contributed by atoms with Crippen molar-refractivity contribution >= 4 is 29.7 Å². The fourth-order valence-corrected chi connectivity index (χ4v) is 4.75. The average molecular weight is 479 g/mol. The molecule has 2 N–H and O–H groups in total. The van der Waals surface area contributed by atoms with Crippen molar-refractivity contribution in [3.05, 3.63) is 71.3 Å². The smallest absolute Gasteiger partial charge is 0.327 e. The van der Waals surface area contributed by atoms with Crippen LogP contribution in [0.4, 0.5) is 4.79 Å². The Bertz CT molecular complexity index is 1060. The molecule has 0 spiro atoms. The second kappa shape index (κ2) is 12.9. The number of nitrogens with one attached hydrogen (secondary N) is 1. The molecule has 1 atom stereocenters. The highest BCUT2D eigenvalue weighted by Crippen LogP contribution is 2.29. The van der Waals surface area contributed by atoms with E-state index in [9.17, 15) is 19.5 Å². The fraction of sp³-hybridized carbons (Fsp3) is 0.370. The summed E-state index contributed by atoms with van der Waals surface area (Å²) in [6.45, 7) is 2.05. The van der Waals surface area contributed by atoms with Crippen LogP contribution < -0.4 is 5.32 Å². The van der Waals surface area contributed by atoms with Crippen LogP contribution >= 0.6 is 11.8 Å². The van der Waals surface area contributed by atoms with E-state index in [1.54, 1.807) is 24.3 Å². The number of carbonyl (C=O) groups excluding carboxylic acids is 2. The zero-order valence-electron chi connectivity index (χ0n) is 19.3. The molecule has 0 aromatic heterocycles. The quantitative estimate of drug-likeness (QED) is 0.513. The molecule has 1 aliphatic rings. The zero-order valence-corrected chi connectivity index (χ0v) is 20.1. The van der Waals surface area contributed by atoms with Crippen molar-refractivity contribution in [1.29, 1.82) is 0 Å². The number of carboxylic acids is 1. The Balaban J connectivity index is 1.68. The molecule has 0 radical (unpaired) electrons. The normalized spacial score (nSPS) is 13.7. The predicted octanol–water partition coefficient (Wildman–Crippen LogP) is 4.63. The van der Waals surface area contributed by atoms with Crippen LogP contribution in [0.25, 0.3) is 0 Å². The molecule has 34 heavy (non-hydrogen) atoms. The molecule has 2 aromatic rings. The van der Waals surface area contributed by atoms with E-state index in [4.69, 9.17) is 0 Å². The molecule has 3 rings (SSSR count). The highest BCUT2D eigenvalue weighted by molar-refractivity contribution is 7.99. The van der Waals surface area contributed by atoms with Gasteiger partial charge in [0.1, 0.15) is 6.04 Å². The lowest BCUT2D eigenvalue weighted by molar-refractivity contribution is -0.138. The number of urea groups is 1. The lowest BCUT2D eigenvalue weighted by Crippen LogP contribution is -2.51. The zero-order chi connectivity index (χ0) is 24.3. The maximum Gasteiger partial charge on any atom is 0.327 e. The van der Waals surface area contributed by atoms with Crippen molar-refractivity contribution in [1.82, 2.24) is 10.2 Å². The topological polar surface area (TPSA) is 86.7 Å². The van der Waals surface area contributed by atoms with Crippen LogP contribution in [-0.4, -0.2) is 52.0 Å². The summed E-state index contributed by atoms with van der Waals surface area (Å²) >= 11 is 1.54. The number of rotatable bonds is 9.